The molecule has 138 valence electrons. The second-order valence-corrected chi connectivity index (χ2v) is 7.58. The Morgan fingerprint density at radius 2 is 1.96 bits per heavy atom. The van der Waals surface area contributed by atoms with Crippen molar-refractivity contribution < 1.29 is 8.42 Å². The fourth-order valence-electron chi connectivity index (χ4n) is 1.96. The standard InChI is InChI=1S/C15H25ClN4O2S.HI/c1-4-23(21,22)19-11-7-10-18-15(17-2)20(3)12-13-8-5-6-9-14(13)16;/h5-6,8-9,19H,4,7,10-12H2,1-3H3,(H,17,18);1H. The van der Waals surface area contributed by atoms with Crippen LogP contribution in [0.3, 0.4) is 0 Å². The van der Waals surface area contributed by atoms with Crippen LogP contribution in [0, 0.1) is 0 Å². The molecule has 0 aliphatic carbocycles. The smallest absolute Gasteiger partial charge is 0.211 e. The Balaban J connectivity index is 0.00000529. The van der Waals surface area contributed by atoms with Gasteiger partial charge in [-0.15, -0.1) is 24.0 Å². The number of hydrogen-bond donors (Lipinski definition) is 2. The van der Waals surface area contributed by atoms with E-state index in [2.05, 4.69) is 15.0 Å². The van der Waals surface area contributed by atoms with Crippen LogP contribution in [0.4, 0.5) is 0 Å². The van der Waals surface area contributed by atoms with E-state index < -0.39 is 10.0 Å². The van der Waals surface area contributed by atoms with Crippen LogP contribution in [-0.4, -0.2) is 52.2 Å². The molecule has 0 bridgehead atoms. The predicted octanol–water partition coefficient (Wildman–Crippen LogP) is 2.29. The highest BCUT2D eigenvalue weighted by Gasteiger charge is 2.09. The van der Waals surface area contributed by atoms with E-state index in [4.69, 9.17) is 11.6 Å². The summed E-state index contributed by atoms with van der Waals surface area (Å²) in [6, 6.07) is 7.69. The second kappa shape index (κ2) is 11.9. The summed E-state index contributed by atoms with van der Waals surface area (Å²) in [6.45, 7) is 3.30. The SMILES string of the molecule is CCS(=O)(=O)NCCCNC(=NC)N(C)Cc1ccccc1Cl.I. The third-order valence-corrected chi connectivity index (χ3v) is 5.05. The summed E-state index contributed by atoms with van der Waals surface area (Å²) < 4.78 is 25.2. The minimum atomic E-state index is -3.12. The normalized spacial score (nSPS) is 11.8. The molecule has 0 amide bonds. The van der Waals surface area contributed by atoms with Crippen LogP contribution in [0.5, 0.6) is 0 Å². The first-order chi connectivity index (χ1) is 10.9. The van der Waals surface area contributed by atoms with Crippen LogP contribution >= 0.6 is 35.6 Å². The Morgan fingerprint density at radius 3 is 2.54 bits per heavy atom. The van der Waals surface area contributed by atoms with Crippen molar-refractivity contribution in [1.29, 1.82) is 0 Å². The number of rotatable bonds is 8. The van der Waals surface area contributed by atoms with Gasteiger partial charge in [-0.05, 0) is 25.0 Å². The Kier molecular flexibility index (Phi) is 11.6. The van der Waals surface area contributed by atoms with E-state index in [1.54, 1.807) is 14.0 Å². The number of guanidine groups is 1. The average Bonchev–Trinajstić information content (AvgIpc) is 2.53. The van der Waals surface area contributed by atoms with Gasteiger partial charge < -0.3 is 10.2 Å². The molecule has 0 atom stereocenters. The largest absolute Gasteiger partial charge is 0.356 e. The van der Waals surface area contributed by atoms with Gasteiger partial charge in [-0.2, -0.15) is 0 Å². The van der Waals surface area contributed by atoms with Gasteiger partial charge in [0.2, 0.25) is 10.0 Å². The number of sulfonamides is 1. The molecule has 0 aromatic heterocycles. The minimum Gasteiger partial charge on any atom is -0.356 e. The van der Waals surface area contributed by atoms with Gasteiger partial charge in [-0.3, -0.25) is 4.99 Å². The number of aliphatic imine (C=N–C) groups is 1. The zero-order chi connectivity index (χ0) is 17.3. The predicted molar refractivity (Wildman–Crippen MR) is 112 cm³/mol. The van der Waals surface area contributed by atoms with Gasteiger partial charge in [0.1, 0.15) is 0 Å². The van der Waals surface area contributed by atoms with Crippen LogP contribution in [0.15, 0.2) is 29.3 Å². The van der Waals surface area contributed by atoms with E-state index in [0.717, 1.165) is 16.5 Å². The zero-order valence-corrected chi connectivity index (χ0v) is 18.2. The first-order valence-corrected chi connectivity index (χ1v) is 9.55. The second-order valence-electron chi connectivity index (χ2n) is 5.07. The molecule has 0 saturated carbocycles. The molecule has 9 heteroatoms. The van der Waals surface area contributed by atoms with E-state index in [1.807, 2.05) is 36.2 Å². The molecule has 2 N–H and O–H groups in total. The molecule has 24 heavy (non-hydrogen) atoms. The summed E-state index contributed by atoms with van der Waals surface area (Å²) in [7, 11) is 0.522. The molecule has 0 saturated heterocycles. The van der Waals surface area contributed by atoms with Crippen molar-refractivity contribution in [2.24, 2.45) is 4.99 Å². The first kappa shape index (κ1) is 23.4. The quantitative estimate of drug-likeness (QED) is 0.255. The van der Waals surface area contributed by atoms with Gasteiger partial charge in [0.25, 0.3) is 0 Å². The molecule has 0 spiro atoms. The topological polar surface area (TPSA) is 73.8 Å². The van der Waals surface area contributed by atoms with Crippen molar-refractivity contribution in [3.63, 3.8) is 0 Å². The van der Waals surface area contributed by atoms with Crippen molar-refractivity contribution in [3.8, 4) is 0 Å². The summed E-state index contributed by atoms with van der Waals surface area (Å²) in [5.41, 5.74) is 1.02. The summed E-state index contributed by atoms with van der Waals surface area (Å²) in [6.07, 6.45) is 0.679. The Bertz CT molecular complexity index is 626. The van der Waals surface area contributed by atoms with E-state index >= 15 is 0 Å². The van der Waals surface area contributed by atoms with Crippen molar-refractivity contribution in [3.05, 3.63) is 34.9 Å². The first-order valence-electron chi connectivity index (χ1n) is 7.52. The van der Waals surface area contributed by atoms with Crippen LogP contribution in [-0.2, 0) is 16.6 Å². The molecule has 6 nitrogen and oxygen atoms in total. The lowest BCUT2D eigenvalue weighted by atomic mass is 10.2. The van der Waals surface area contributed by atoms with Crippen LogP contribution in [0.1, 0.15) is 18.9 Å². The van der Waals surface area contributed by atoms with Crippen molar-refractivity contribution in [2.75, 3.05) is 32.9 Å². The minimum absolute atomic E-state index is 0. The number of benzene rings is 1. The van der Waals surface area contributed by atoms with Gasteiger partial charge in [-0.25, -0.2) is 13.1 Å². The van der Waals surface area contributed by atoms with Gasteiger partial charge in [0.15, 0.2) is 5.96 Å². The van der Waals surface area contributed by atoms with Gasteiger partial charge >= 0.3 is 0 Å². The molecular formula is C15H26ClIN4O2S. The molecule has 0 aliphatic heterocycles. The number of hydrogen-bond acceptors (Lipinski definition) is 3. The maximum atomic E-state index is 11.3. The zero-order valence-electron chi connectivity index (χ0n) is 14.3. The fraction of sp³-hybridized carbons (Fsp3) is 0.533. The fourth-order valence-corrected chi connectivity index (χ4v) is 2.82. The highest BCUT2D eigenvalue weighted by molar-refractivity contribution is 14.0. The summed E-state index contributed by atoms with van der Waals surface area (Å²) >= 11 is 6.17. The summed E-state index contributed by atoms with van der Waals surface area (Å²) in [4.78, 5) is 6.20. The third kappa shape index (κ3) is 8.50. The van der Waals surface area contributed by atoms with Gasteiger partial charge in [-0.1, -0.05) is 29.8 Å². The van der Waals surface area contributed by atoms with E-state index in [-0.39, 0.29) is 29.7 Å². The highest BCUT2D eigenvalue weighted by atomic mass is 127. The molecule has 0 heterocycles. The van der Waals surface area contributed by atoms with Gasteiger partial charge in [0.05, 0.1) is 5.75 Å². The lowest BCUT2D eigenvalue weighted by Crippen LogP contribution is -2.39. The van der Waals surface area contributed by atoms with Crippen LogP contribution in [0.25, 0.3) is 0 Å². The van der Waals surface area contributed by atoms with Crippen molar-refractivity contribution >= 4 is 51.6 Å². The molecule has 1 aromatic rings. The molecule has 1 aromatic carbocycles. The highest BCUT2D eigenvalue weighted by Crippen LogP contribution is 2.16. The Hall–Kier alpha value is -0.580. The average molecular weight is 489 g/mol. The molecule has 1 rings (SSSR count). The van der Waals surface area contributed by atoms with Crippen LogP contribution < -0.4 is 10.0 Å². The summed E-state index contributed by atoms with van der Waals surface area (Å²) in [5.74, 6) is 0.839. The molecule has 0 unspecified atom stereocenters. The number of halogens is 2. The van der Waals surface area contributed by atoms with E-state index in [9.17, 15) is 8.42 Å². The lowest BCUT2D eigenvalue weighted by Gasteiger charge is -2.22. The maximum absolute atomic E-state index is 11.3. The molecule has 0 aliphatic rings. The monoisotopic (exact) mass is 488 g/mol. The Labute approximate surface area is 167 Å². The maximum Gasteiger partial charge on any atom is 0.211 e. The van der Waals surface area contributed by atoms with E-state index in [0.29, 0.717) is 26.1 Å². The molecular weight excluding hydrogens is 463 g/mol. The van der Waals surface area contributed by atoms with Gasteiger partial charge in [0, 0.05) is 38.8 Å². The van der Waals surface area contributed by atoms with Crippen molar-refractivity contribution in [2.45, 2.75) is 19.9 Å². The Morgan fingerprint density at radius 1 is 1.29 bits per heavy atom. The number of nitrogens with zero attached hydrogens (tertiary/aromatic N) is 2. The molecule has 0 radical (unpaired) electrons. The lowest BCUT2D eigenvalue weighted by molar-refractivity contribution is 0.475. The third-order valence-electron chi connectivity index (χ3n) is 3.28. The van der Waals surface area contributed by atoms with Crippen LogP contribution in [0.2, 0.25) is 5.02 Å². The number of nitrogens with one attached hydrogen (secondary N) is 2. The summed E-state index contributed by atoms with van der Waals surface area (Å²) in [5, 5.41) is 3.94. The van der Waals surface area contributed by atoms with Crippen molar-refractivity contribution in [1.82, 2.24) is 14.9 Å². The molecule has 0 fully saturated rings. The van der Waals surface area contributed by atoms with E-state index in [1.165, 1.54) is 0 Å².